The van der Waals surface area contributed by atoms with Crippen molar-refractivity contribution in [2.24, 2.45) is 0 Å². The van der Waals surface area contributed by atoms with Gasteiger partial charge < -0.3 is 14.5 Å². The summed E-state index contributed by atoms with van der Waals surface area (Å²) >= 11 is 1.62. The van der Waals surface area contributed by atoms with Crippen molar-refractivity contribution in [2.75, 3.05) is 14.2 Å². The lowest BCUT2D eigenvalue weighted by Gasteiger charge is -2.14. The molecule has 0 aliphatic heterocycles. The highest BCUT2D eigenvalue weighted by molar-refractivity contribution is 7.10. The van der Waals surface area contributed by atoms with Gasteiger partial charge in [-0.05, 0) is 30.8 Å². The van der Waals surface area contributed by atoms with Gasteiger partial charge in [-0.25, -0.2) is 4.79 Å². The third-order valence-corrected chi connectivity index (χ3v) is 4.16. The Labute approximate surface area is 119 Å². The van der Waals surface area contributed by atoms with Crippen LogP contribution in [0.15, 0.2) is 38.9 Å². The summed E-state index contributed by atoms with van der Waals surface area (Å²) in [4.78, 5) is 15.0. The number of aromatic nitrogens is 1. The lowest BCUT2D eigenvalue weighted by atomic mass is 10.1. The van der Waals surface area contributed by atoms with E-state index >= 15 is 0 Å². The maximum absolute atomic E-state index is 11.2. The SMILES string of the molecule is CNC(c1ccc2[nH]c(=O)oc2c1)c1cc(OC)cs1. The largest absolute Gasteiger partial charge is 0.496 e. The zero-order valence-corrected chi connectivity index (χ0v) is 11.9. The molecule has 2 heterocycles. The minimum atomic E-state index is -0.434. The van der Waals surface area contributed by atoms with E-state index in [0.29, 0.717) is 11.1 Å². The molecule has 1 atom stereocenters. The number of methoxy groups -OCH3 is 1. The van der Waals surface area contributed by atoms with Crippen LogP contribution in [0.1, 0.15) is 16.5 Å². The number of nitrogens with one attached hydrogen (secondary N) is 2. The molecule has 20 heavy (non-hydrogen) atoms. The summed E-state index contributed by atoms with van der Waals surface area (Å²) < 4.78 is 10.3. The summed E-state index contributed by atoms with van der Waals surface area (Å²) in [6.45, 7) is 0. The summed E-state index contributed by atoms with van der Waals surface area (Å²) in [6, 6.07) is 7.74. The van der Waals surface area contributed by atoms with Crippen molar-refractivity contribution >= 4 is 22.4 Å². The van der Waals surface area contributed by atoms with Crippen LogP contribution >= 0.6 is 11.3 Å². The van der Waals surface area contributed by atoms with Crippen molar-refractivity contribution in [2.45, 2.75) is 6.04 Å². The summed E-state index contributed by atoms with van der Waals surface area (Å²) in [5.74, 6) is 0.412. The molecule has 1 aromatic carbocycles. The molecule has 3 rings (SSSR count). The first kappa shape index (κ1) is 13.0. The van der Waals surface area contributed by atoms with Gasteiger partial charge in [-0.1, -0.05) is 6.07 Å². The van der Waals surface area contributed by atoms with Crippen LogP contribution in [0, 0.1) is 0 Å². The minimum absolute atomic E-state index is 0.0357. The number of hydrogen-bond acceptors (Lipinski definition) is 5. The Bertz CT molecular complexity index is 787. The lowest BCUT2D eigenvalue weighted by molar-refractivity contribution is 0.416. The summed E-state index contributed by atoms with van der Waals surface area (Å²) in [5.41, 5.74) is 2.31. The number of H-pyrrole nitrogens is 1. The number of oxazole rings is 1. The van der Waals surface area contributed by atoms with E-state index in [4.69, 9.17) is 9.15 Å². The van der Waals surface area contributed by atoms with Gasteiger partial charge in [-0.2, -0.15) is 0 Å². The molecule has 104 valence electrons. The molecule has 0 saturated heterocycles. The van der Waals surface area contributed by atoms with Gasteiger partial charge in [0.15, 0.2) is 5.58 Å². The molecule has 6 heteroatoms. The van der Waals surface area contributed by atoms with E-state index < -0.39 is 5.76 Å². The van der Waals surface area contributed by atoms with Gasteiger partial charge in [-0.3, -0.25) is 4.98 Å². The van der Waals surface area contributed by atoms with Crippen molar-refractivity contribution in [3.05, 3.63) is 50.6 Å². The zero-order valence-electron chi connectivity index (χ0n) is 11.1. The molecule has 0 amide bonds. The molecule has 0 aliphatic carbocycles. The second-order valence-corrected chi connectivity index (χ2v) is 5.32. The normalized spacial score (nSPS) is 12.7. The van der Waals surface area contributed by atoms with Gasteiger partial charge in [-0.15, -0.1) is 11.3 Å². The molecule has 2 N–H and O–H groups in total. The number of aromatic amines is 1. The molecule has 0 fully saturated rings. The van der Waals surface area contributed by atoms with Crippen molar-refractivity contribution in [3.8, 4) is 5.75 Å². The Morgan fingerprint density at radius 2 is 2.25 bits per heavy atom. The Kier molecular flexibility index (Phi) is 3.33. The molecule has 2 aromatic heterocycles. The number of fused-ring (bicyclic) bond motifs is 1. The number of rotatable bonds is 4. The van der Waals surface area contributed by atoms with Gasteiger partial charge in [0.1, 0.15) is 5.75 Å². The highest BCUT2D eigenvalue weighted by atomic mass is 32.1. The second kappa shape index (κ2) is 5.15. The van der Waals surface area contributed by atoms with Gasteiger partial charge in [0, 0.05) is 10.3 Å². The summed E-state index contributed by atoms with van der Waals surface area (Å²) in [6.07, 6.45) is 0. The van der Waals surface area contributed by atoms with E-state index in [-0.39, 0.29) is 6.04 Å². The predicted octanol–water partition coefficient (Wildman–Crippen LogP) is 2.50. The number of thiophene rings is 1. The monoisotopic (exact) mass is 290 g/mol. The maximum atomic E-state index is 11.2. The molecule has 0 spiro atoms. The van der Waals surface area contributed by atoms with E-state index in [9.17, 15) is 4.79 Å². The summed E-state index contributed by atoms with van der Waals surface area (Å²) in [5, 5.41) is 5.24. The van der Waals surface area contributed by atoms with Crippen LogP contribution in [0.25, 0.3) is 11.1 Å². The molecule has 0 radical (unpaired) electrons. The average molecular weight is 290 g/mol. The van der Waals surface area contributed by atoms with Crippen molar-refractivity contribution < 1.29 is 9.15 Å². The molecule has 0 aliphatic rings. The molecule has 1 unspecified atom stereocenters. The maximum Gasteiger partial charge on any atom is 0.417 e. The summed E-state index contributed by atoms with van der Waals surface area (Å²) in [7, 11) is 3.55. The molecule has 0 bridgehead atoms. The van der Waals surface area contributed by atoms with Crippen LogP contribution in [0.4, 0.5) is 0 Å². The van der Waals surface area contributed by atoms with Crippen LogP contribution in [-0.4, -0.2) is 19.1 Å². The Hall–Kier alpha value is -2.05. The smallest absolute Gasteiger partial charge is 0.417 e. The predicted molar refractivity (Wildman–Crippen MR) is 78.6 cm³/mol. The fourth-order valence-corrected chi connectivity index (χ4v) is 3.20. The quantitative estimate of drug-likeness (QED) is 0.774. The highest BCUT2D eigenvalue weighted by Crippen LogP contribution is 2.31. The Morgan fingerprint density at radius 3 is 2.95 bits per heavy atom. The third-order valence-electron chi connectivity index (χ3n) is 3.18. The average Bonchev–Trinajstić information content (AvgIpc) is 3.04. The first-order chi connectivity index (χ1) is 9.71. The van der Waals surface area contributed by atoms with Crippen LogP contribution in [0.5, 0.6) is 5.75 Å². The van der Waals surface area contributed by atoms with Gasteiger partial charge in [0.05, 0.1) is 18.7 Å². The van der Waals surface area contributed by atoms with Crippen molar-refractivity contribution in [3.63, 3.8) is 0 Å². The highest BCUT2D eigenvalue weighted by Gasteiger charge is 2.16. The van der Waals surface area contributed by atoms with Gasteiger partial charge in [0.25, 0.3) is 0 Å². The van der Waals surface area contributed by atoms with Gasteiger partial charge in [0.2, 0.25) is 0 Å². The molecular formula is C14H14N2O3S. The van der Waals surface area contributed by atoms with Gasteiger partial charge >= 0.3 is 5.76 Å². The Morgan fingerprint density at radius 1 is 1.40 bits per heavy atom. The lowest BCUT2D eigenvalue weighted by Crippen LogP contribution is -2.16. The minimum Gasteiger partial charge on any atom is -0.496 e. The molecular weight excluding hydrogens is 276 g/mol. The van der Waals surface area contributed by atoms with E-state index in [1.807, 2.05) is 36.7 Å². The van der Waals surface area contributed by atoms with Crippen LogP contribution in [-0.2, 0) is 0 Å². The van der Waals surface area contributed by atoms with E-state index in [1.165, 1.54) is 0 Å². The van der Waals surface area contributed by atoms with E-state index in [2.05, 4.69) is 10.3 Å². The fraction of sp³-hybridized carbons (Fsp3) is 0.214. The number of hydrogen-bond donors (Lipinski definition) is 2. The van der Waals surface area contributed by atoms with Crippen molar-refractivity contribution in [1.82, 2.24) is 10.3 Å². The number of ether oxygens (including phenoxy) is 1. The molecule has 5 nitrogen and oxygen atoms in total. The molecule has 3 aromatic rings. The zero-order chi connectivity index (χ0) is 14.1. The van der Waals surface area contributed by atoms with Crippen LogP contribution in [0.2, 0.25) is 0 Å². The second-order valence-electron chi connectivity index (χ2n) is 4.38. The van der Waals surface area contributed by atoms with E-state index in [1.54, 1.807) is 18.4 Å². The van der Waals surface area contributed by atoms with Crippen molar-refractivity contribution in [1.29, 1.82) is 0 Å². The molecule has 0 saturated carbocycles. The standard InChI is InChI=1S/C14H14N2O3S/c1-15-13(12-6-9(18-2)7-20-12)8-3-4-10-11(5-8)19-14(17)16-10/h3-7,13,15H,1-2H3,(H,16,17). The number of benzene rings is 1. The first-order valence-electron chi connectivity index (χ1n) is 6.13. The Balaban J connectivity index is 2.03. The fourth-order valence-electron chi connectivity index (χ4n) is 2.21. The first-order valence-corrected chi connectivity index (χ1v) is 7.01. The third kappa shape index (κ3) is 2.23. The van der Waals surface area contributed by atoms with E-state index in [0.717, 1.165) is 16.2 Å². The van der Waals surface area contributed by atoms with Crippen LogP contribution in [0.3, 0.4) is 0 Å². The van der Waals surface area contributed by atoms with Crippen LogP contribution < -0.4 is 15.8 Å². The topological polar surface area (TPSA) is 67.3 Å².